The lowest BCUT2D eigenvalue weighted by Crippen LogP contribution is -2.08. The first-order valence-corrected chi connectivity index (χ1v) is 9.51. The van der Waals surface area contributed by atoms with Gasteiger partial charge in [-0.15, -0.1) is 0 Å². The van der Waals surface area contributed by atoms with E-state index in [1.807, 2.05) is 97.1 Å². The molecule has 0 aromatic heterocycles. The summed E-state index contributed by atoms with van der Waals surface area (Å²) in [7, 11) is 0. The van der Waals surface area contributed by atoms with Gasteiger partial charge in [0.2, 0.25) is 5.91 Å². The molecule has 4 rings (SSSR count). The van der Waals surface area contributed by atoms with Gasteiger partial charge in [-0.2, -0.15) is 0 Å². The van der Waals surface area contributed by atoms with Crippen LogP contribution in [-0.4, -0.2) is 5.91 Å². The van der Waals surface area contributed by atoms with Crippen molar-refractivity contribution in [3.05, 3.63) is 114 Å². The van der Waals surface area contributed by atoms with E-state index in [2.05, 4.69) is 5.32 Å². The molecule has 0 fully saturated rings. The van der Waals surface area contributed by atoms with Gasteiger partial charge >= 0.3 is 0 Å². The van der Waals surface area contributed by atoms with Crippen LogP contribution in [0.25, 0.3) is 16.8 Å². The van der Waals surface area contributed by atoms with Crippen molar-refractivity contribution in [1.29, 1.82) is 0 Å². The Morgan fingerprint density at radius 3 is 2.48 bits per heavy atom. The van der Waals surface area contributed by atoms with Crippen molar-refractivity contribution in [3.63, 3.8) is 0 Å². The molecule has 4 aromatic carbocycles. The molecule has 1 amide bonds. The van der Waals surface area contributed by atoms with Gasteiger partial charge in [-0.05, 0) is 40.8 Å². The van der Waals surface area contributed by atoms with Gasteiger partial charge in [-0.3, -0.25) is 4.79 Å². The molecule has 3 nitrogen and oxygen atoms in total. The third-order valence-corrected chi connectivity index (χ3v) is 4.58. The van der Waals surface area contributed by atoms with Crippen LogP contribution in [0.5, 0.6) is 5.75 Å². The highest BCUT2D eigenvalue weighted by Gasteiger charge is 2.03. The Bertz CT molecular complexity index is 1140. The summed E-state index contributed by atoms with van der Waals surface area (Å²) in [5.74, 6) is 0.599. The normalized spacial score (nSPS) is 10.9. The predicted octanol–water partition coefficient (Wildman–Crippen LogP) is 6.07. The highest BCUT2D eigenvalue weighted by atomic mass is 16.5. The Morgan fingerprint density at radius 2 is 1.59 bits per heavy atom. The smallest absolute Gasteiger partial charge is 0.248 e. The molecule has 29 heavy (non-hydrogen) atoms. The minimum atomic E-state index is -0.169. The summed E-state index contributed by atoms with van der Waals surface area (Å²) in [5.41, 5.74) is 2.82. The van der Waals surface area contributed by atoms with Crippen LogP contribution in [-0.2, 0) is 11.4 Å². The second-order valence-electron chi connectivity index (χ2n) is 6.70. The van der Waals surface area contributed by atoms with Crippen LogP contribution < -0.4 is 10.1 Å². The monoisotopic (exact) mass is 379 g/mol. The summed E-state index contributed by atoms with van der Waals surface area (Å²) in [4.78, 5) is 12.4. The van der Waals surface area contributed by atoms with Gasteiger partial charge in [-0.25, -0.2) is 0 Å². The Kier molecular flexibility index (Phi) is 5.68. The third-order valence-electron chi connectivity index (χ3n) is 4.58. The topological polar surface area (TPSA) is 38.3 Å². The van der Waals surface area contributed by atoms with Gasteiger partial charge in [0.25, 0.3) is 0 Å². The number of carbonyl (C=O) groups is 1. The molecular formula is C26H21NO2. The standard InChI is InChI=1S/C26H21NO2/c28-26(27-25-15-7-12-22-11-4-5-14-24(22)25)17-16-20-10-6-13-23(18-20)29-19-21-8-2-1-3-9-21/h1-18H,19H2,(H,27,28)/b17-16+. The zero-order valence-corrected chi connectivity index (χ0v) is 15.9. The lowest BCUT2D eigenvalue weighted by atomic mass is 10.1. The van der Waals surface area contributed by atoms with E-state index in [1.165, 1.54) is 6.08 Å². The fourth-order valence-electron chi connectivity index (χ4n) is 3.13. The summed E-state index contributed by atoms with van der Waals surface area (Å²) < 4.78 is 5.85. The molecule has 0 saturated carbocycles. The van der Waals surface area contributed by atoms with Gasteiger partial charge in [-0.1, -0.05) is 78.9 Å². The van der Waals surface area contributed by atoms with E-state index < -0.39 is 0 Å². The maximum absolute atomic E-state index is 12.4. The van der Waals surface area contributed by atoms with Gasteiger partial charge in [0, 0.05) is 17.1 Å². The maximum Gasteiger partial charge on any atom is 0.248 e. The largest absolute Gasteiger partial charge is 0.489 e. The van der Waals surface area contributed by atoms with E-state index in [9.17, 15) is 4.79 Å². The molecule has 0 unspecified atom stereocenters. The van der Waals surface area contributed by atoms with Gasteiger partial charge in [0.05, 0.1) is 0 Å². The number of anilines is 1. The number of rotatable bonds is 6. The molecular weight excluding hydrogens is 358 g/mol. The quantitative estimate of drug-likeness (QED) is 0.413. The SMILES string of the molecule is O=C(/C=C/c1cccc(OCc2ccccc2)c1)Nc1cccc2ccccc12. The van der Waals surface area contributed by atoms with Gasteiger partial charge < -0.3 is 10.1 Å². The van der Waals surface area contributed by atoms with E-state index in [-0.39, 0.29) is 5.91 Å². The highest BCUT2D eigenvalue weighted by Crippen LogP contribution is 2.23. The first kappa shape index (κ1) is 18.5. The average Bonchev–Trinajstić information content (AvgIpc) is 2.78. The lowest BCUT2D eigenvalue weighted by Gasteiger charge is -2.07. The second kappa shape index (κ2) is 8.89. The van der Waals surface area contributed by atoms with Crippen LogP contribution in [0.4, 0.5) is 5.69 Å². The first-order chi connectivity index (χ1) is 14.3. The van der Waals surface area contributed by atoms with Crippen LogP contribution in [0.3, 0.4) is 0 Å². The number of hydrogen-bond donors (Lipinski definition) is 1. The van der Waals surface area contributed by atoms with Crippen molar-refractivity contribution >= 4 is 28.4 Å². The van der Waals surface area contributed by atoms with E-state index in [4.69, 9.17) is 4.74 Å². The molecule has 0 radical (unpaired) electrons. The number of fused-ring (bicyclic) bond motifs is 1. The Hall–Kier alpha value is -3.85. The minimum Gasteiger partial charge on any atom is -0.489 e. The molecule has 4 aromatic rings. The number of nitrogens with one attached hydrogen (secondary N) is 1. The number of carbonyl (C=O) groups excluding carboxylic acids is 1. The van der Waals surface area contributed by atoms with E-state index in [0.29, 0.717) is 6.61 Å². The molecule has 3 heteroatoms. The summed E-state index contributed by atoms with van der Waals surface area (Å²) >= 11 is 0. The van der Waals surface area contributed by atoms with E-state index >= 15 is 0 Å². The molecule has 0 bridgehead atoms. The molecule has 0 aliphatic rings. The lowest BCUT2D eigenvalue weighted by molar-refractivity contribution is -0.111. The fourth-order valence-corrected chi connectivity index (χ4v) is 3.13. The molecule has 0 aliphatic carbocycles. The first-order valence-electron chi connectivity index (χ1n) is 9.51. The van der Waals surface area contributed by atoms with Crippen LogP contribution in [0, 0.1) is 0 Å². The molecule has 0 aliphatic heterocycles. The average molecular weight is 379 g/mol. The second-order valence-corrected chi connectivity index (χ2v) is 6.70. The molecule has 0 atom stereocenters. The van der Waals surface area contributed by atoms with E-state index in [0.717, 1.165) is 33.3 Å². The number of hydrogen-bond acceptors (Lipinski definition) is 2. The molecule has 0 spiro atoms. The Balaban J connectivity index is 1.41. The van der Waals surface area contributed by atoms with Crippen LogP contribution in [0.15, 0.2) is 103 Å². The molecule has 1 N–H and O–H groups in total. The summed E-state index contributed by atoms with van der Waals surface area (Å²) in [6.45, 7) is 0.509. The van der Waals surface area contributed by atoms with Crippen molar-refractivity contribution < 1.29 is 9.53 Å². The zero-order chi connectivity index (χ0) is 19.9. The molecule has 0 saturated heterocycles. The Labute approximate surface area is 170 Å². The van der Waals surface area contributed by atoms with Crippen LogP contribution >= 0.6 is 0 Å². The van der Waals surface area contributed by atoms with Crippen molar-refractivity contribution in [2.45, 2.75) is 6.61 Å². The van der Waals surface area contributed by atoms with E-state index in [1.54, 1.807) is 6.08 Å². The minimum absolute atomic E-state index is 0.169. The van der Waals surface area contributed by atoms with Gasteiger partial charge in [0.1, 0.15) is 12.4 Å². The zero-order valence-electron chi connectivity index (χ0n) is 15.9. The fraction of sp³-hybridized carbons (Fsp3) is 0.0385. The molecule has 0 heterocycles. The maximum atomic E-state index is 12.4. The molecule has 142 valence electrons. The summed E-state index contributed by atoms with van der Waals surface area (Å²) in [6, 6.07) is 31.6. The Morgan fingerprint density at radius 1 is 0.828 bits per heavy atom. The van der Waals surface area contributed by atoms with Crippen molar-refractivity contribution in [1.82, 2.24) is 0 Å². The number of amides is 1. The van der Waals surface area contributed by atoms with Crippen molar-refractivity contribution in [3.8, 4) is 5.75 Å². The van der Waals surface area contributed by atoms with Crippen LogP contribution in [0.2, 0.25) is 0 Å². The predicted molar refractivity (Wildman–Crippen MR) is 119 cm³/mol. The summed E-state index contributed by atoms with van der Waals surface area (Å²) in [6.07, 6.45) is 3.33. The highest BCUT2D eigenvalue weighted by molar-refractivity contribution is 6.07. The van der Waals surface area contributed by atoms with Gasteiger partial charge in [0.15, 0.2) is 0 Å². The number of benzene rings is 4. The number of ether oxygens (including phenoxy) is 1. The summed E-state index contributed by atoms with van der Waals surface area (Å²) in [5, 5.41) is 5.08. The van der Waals surface area contributed by atoms with Crippen LogP contribution in [0.1, 0.15) is 11.1 Å². The van der Waals surface area contributed by atoms with Crippen molar-refractivity contribution in [2.75, 3.05) is 5.32 Å². The van der Waals surface area contributed by atoms with Crippen molar-refractivity contribution in [2.24, 2.45) is 0 Å². The third kappa shape index (κ3) is 4.90.